The Morgan fingerprint density at radius 2 is 2.50 bits per heavy atom. The molecule has 0 aliphatic heterocycles. The number of nitrogens with one attached hydrogen (secondary N) is 1. The Hall–Kier alpha value is -0.830. The second-order valence-electron chi connectivity index (χ2n) is 2.56. The van der Waals surface area contributed by atoms with Crippen molar-refractivity contribution in [1.29, 1.82) is 0 Å². The van der Waals surface area contributed by atoms with Gasteiger partial charge in [0.05, 0.1) is 0 Å². The van der Waals surface area contributed by atoms with Crippen molar-refractivity contribution in [2.45, 2.75) is 6.92 Å². The number of aryl methyl sites for hydroxylation is 1. The fraction of sp³-hybridized carbons (Fsp3) is 0.222. The van der Waals surface area contributed by atoms with E-state index in [0.29, 0.717) is 0 Å². The second-order valence-corrected chi connectivity index (χ2v) is 3.68. The lowest BCUT2D eigenvalue weighted by Gasteiger charge is -2.04. The van der Waals surface area contributed by atoms with Gasteiger partial charge in [-0.05, 0) is 19.1 Å². The van der Waals surface area contributed by atoms with Crippen LogP contribution < -0.4 is 5.32 Å². The highest BCUT2D eigenvalue weighted by atomic mass is 79.9. The molecule has 0 saturated heterocycles. The third-order valence-corrected chi connectivity index (χ3v) is 1.66. The van der Waals surface area contributed by atoms with Crippen molar-refractivity contribution in [2.24, 2.45) is 0 Å². The summed E-state index contributed by atoms with van der Waals surface area (Å²) in [6.45, 7) is 6.44. The van der Waals surface area contributed by atoms with E-state index in [1.54, 1.807) is 6.20 Å². The molecular formula is C9H11BrN2. The highest BCUT2D eigenvalue weighted by Gasteiger charge is 1.92. The molecule has 1 rings (SSSR count). The smallest absolute Gasteiger partial charge is 0.0460 e. The van der Waals surface area contributed by atoms with Crippen molar-refractivity contribution in [3.8, 4) is 0 Å². The van der Waals surface area contributed by atoms with Gasteiger partial charge in [-0.3, -0.25) is 4.98 Å². The Labute approximate surface area is 80.8 Å². The van der Waals surface area contributed by atoms with Crippen LogP contribution in [0, 0.1) is 6.92 Å². The summed E-state index contributed by atoms with van der Waals surface area (Å²) in [5.41, 5.74) is 2.09. The summed E-state index contributed by atoms with van der Waals surface area (Å²) in [5.74, 6) is 0. The van der Waals surface area contributed by atoms with Crippen LogP contribution in [0.5, 0.6) is 0 Å². The molecule has 64 valence electrons. The van der Waals surface area contributed by atoms with E-state index in [-0.39, 0.29) is 0 Å². The number of nitrogens with zero attached hydrogens (tertiary/aromatic N) is 1. The zero-order chi connectivity index (χ0) is 8.97. The van der Waals surface area contributed by atoms with Crippen molar-refractivity contribution in [2.75, 3.05) is 11.9 Å². The quantitative estimate of drug-likeness (QED) is 0.858. The standard InChI is InChI=1S/C9H11BrN2/c1-7(10)6-12-9-3-4-11-8(2)5-9/h3-5H,1,6H2,2H3,(H,11,12). The maximum atomic E-state index is 4.09. The number of hydrogen-bond donors (Lipinski definition) is 1. The topological polar surface area (TPSA) is 24.9 Å². The van der Waals surface area contributed by atoms with Crippen LogP contribution in [0.25, 0.3) is 0 Å². The molecule has 1 aromatic rings. The van der Waals surface area contributed by atoms with E-state index >= 15 is 0 Å². The van der Waals surface area contributed by atoms with Crippen LogP contribution in [0.3, 0.4) is 0 Å². The van der Waals surface area contributed by atoms with E-state index in [1.165, 1.54) is 0 Å². The first-order valence-electron chi connectivity index (χ1n) is 3.68. The molecule has 0 aromatic carbocycles. The molecule has 3 heteroatoms. The molecule has 0 spiro atoms. The summed E-state index contributed by atoms with van der Waals surface area (Å²) in [5, 5.41) is 3.20. The largest absolute Gasteiger partial charge is 0.380 e. The van der Waals surface area contributed by atoms with E-state index < -0.39 is 0 Å². The number of hydrogen-bond acceptors (Lipinski definition) is 2. The van der Waals surface area contributed by atoms with E-state index in [2.05, 4.69) is 32.8 Å². The van der Waals surface area contributed by atoms with Gasteiger partial charge in [0.25, 0.3) is 0 Å². The molecule has 0 aliphatic carbocycles. The molecule has 0 atom stereocenters. The summed E-state index contributed by atoms with van der Waals surface area (Å²) in [6, 6.07) is 3.93. The molecule has 0 unspecified atom stereocenters. The summed E-state index contributed by atoms with van der Waals surface area (Å²) >= 11 is 3.28. The number of pyridine rings is 1. The summed E-state index contributed by atoms with van der Waals surface area (Å²) < 4.78 is 0.942. The van der Waals surface area contributed by atoms with Crippen molar-refractivity contribution in [3.63, 3.8) is 0 Å². The van der Waals surface area contributed by atoms with Gasteiger partial charge in [0, 0.05) is 28.6 Å². The fourth-order valence-corrected chi connectivity index (χ4v) is 0.994. The normalized spacial score (nSPS) is 9.50. The van der Waals surface area contributed by atoms with Gasteiger partial charge in [0.2, 0.25) is 0 Å². The second kappa shape index (κ2) is 4.26. The predicted molar refractivity (Wildman–Crippen MR) is 55.5 cm³/mol. The van der Waals surface area contributed by atoms with Crippen molar-refractivity contribution >= 4 is 21.6 Å². The third-order valence-electron chi connectivity index (χ3n) is 1.38. The van der Waals surface area contributed by atoms with Crippen LogP contribution in [-0.4, -0.2) is 11.5 Å². The molecule has 0 saturated carbocycles. The average molecular weight is 227 g/mol. The van der Waals surface area contributed by atoms with Gasteiger partial charge in [-0.15, -0.1) is 0 Å². The minimum atomic E-state index is 0.740. The summed E-state index contributed by atoms with van der Waals surface area (Å²) in [4.78, 5) is 4.09. The van der Waals surface area contributed by atoms with E-state index in [4.69, 9.17) is 0 Å². The molecule has 1 N–H and O–H groups in total. The zero-order valence-corrected chi connectivity index (χ0v) is 8.56. The lowest BCUT2D eigenvalue weighted by Crippen LogP contribution is -2.00. The molecule has 1 heterocycles. The molecular weight excluding hydrogens is 216 g/mol. The maximum absolute atomic E-state index is 4.09. The minimum absolute atomic E-state index is 0.740. The molecule has 0 aliphatic rings. The van der Waals surface area contributed by atoms with Crippen LogP contribution in [0.4, 0.5) is 5.69 Å². The third kappa shape index (κ3) is 3.05. The highest BCUT2D eigenvalue weighted by molar-refractivity contribution is 9.11. The van der Waals surface area contributed by atoms with Gasteiger partial charge in [-0.1, -0.05) is 22.5 Å². The number of halogens is 1. The lowest BCUT2D eigenvalue weighted by molar-refractivity contribution is 1.19. The first-order valence-corrected chi connectivity index (χ1v) is 4.47. The van der Waals surface area contributed by atoms with Gasteiger partial charge in [-0.2, -0.15) is 0 Å². The van der Waals surface area contributed by atoms with Crippen molar-refractivity contribution < 1.29 is 0 Å². The van der Waals surface area contributed by atoms with Gasteiger partial charge in [0.1, 0.15) is 0 Å². The maximum Gasteiger partial charge on any atom is 0.0460 e. The number of rotatable bonds is 3. The van der Waals surface area contributed by atoms with E-state index in [1.807, 2.05) is 19.1 Å². The first kappa shape index (κ1) is 9.26. The fourth-order valence-electron chi connectivity index (χ4n) is 0.853. The van der Waals surface area contributed by atoms with Gasteiger partial charge in [0.15, 0.2) is 0 Å². The first-order chi connectivity index (χ1) is 5.68. The Morgan fingerprint density at radius 3 is 3.08 bits per heavy atom. The minimum Gasteiger partial charge on any atom is -0.380 e. The van der Waals surface area contributed by atoms with Crippen LogP contribution in [-0.2, 0) is 0 Å². The monoisotopic (exact) mass is 226 g/mol. The summed E-state index contributed by atoms with van der Waals surface area (Å²) in [6.07, 6.45) is 1.79. The van der Waals surface area contributed by atoms with Crippen LogP contribution in [0.15, 0.2) is 29.4 Å². The molecule has 2 nitrogen and oxygen atoms in total. The van der Waals surface area contributed by atoms with Gasteiger partial charge >= 0.3 is 0 Å². The Bertz CT molecular complexity index is 284. The van der Waals surface area contributed by atoms with E-state index in [0.717, 1.165) is 22.4 Å². The molecule has 0 fully saturated rings. The molecule has 1 aromatic heterocycles. The Balaban J connectivity index is 2.57. The zero-order valence-electron chi connectivity index (χ0n) is 6.97. The lowest BCUT2D eigenvalue weighted by atomic mass is 10.3. The highest BCUT2D eigenvalue weighted by Crippen LogP contribution is 2.08. The predicted octanol–water partition coefficient (Wildman–Crippen LogP) is 2.71. The van der Waals surface area contributed by atoms with Crippen LogP contribution in [0.2, 0.25) is 0 Å². The Morgan fingerprint density at radius 1 is 1.75 bits per heavy atom. The van der Waals surface area contributed by atoms with Crippen molar-refractivity contribution in [1.82, 2.24) is 4.98 Å². The molecule has 0 radical (unpaired) electrons. The average Bonchev–Trinajstić information content (AvgIpc) is 2.01. The van der Waals surface area contributed by atoms with Gasteiger partial charge < -0.3 is 5.32 Å². The molecule has 0 amide bonds. The van der Waals surface area contributed by atoms with Crippen LogP contribution in [0.1, 0.15) is 5.69 Å². The number of aromatic nitrogens is 1. The van der Waals surface area contributed by atoms with E-state index in [9.17, 15) is 0 Å². The molecule has 0 bridgehead atoms. The molecule has 12 heavy (non-hydrogen) atoms. The van der Waals surface area contributed by atoms with Crippen molar-refractivity contribution in [3.05, 3.63) is 35.1 Å². The SMILES string of the molecule is C=C(Br)CNc1ccnc(C)c1. The van der Waals surface area contributed by atoms with Crippen LogP contribution >= 0.6 is 15.9 Å². The Kier molecular flexibility index (Phi) is 3.29. The number of anilines is 1. The van der Waals surface area contributed by atoms with Gasteiger partial charge in [-0.25, -0.2) is 0 Å². The summed E-state index contributed by atoms with van der Waals surface area (Å²) in [7, 11) is 0.